The molecule has 1 amide bonds. The fraction of sp³-hybridized carbons (Fsp3) is 0.545. The van der Waals surface area contributed by atoms with Crippen LogP contribution in [0.25, 0.3) is 11.0 Å². The van der Waals surface area contributed by atoms with Crippen molar-refractivity contribution in [3.05, 3.63) is 34.5 Å². The van der Waals surface area contributed by atoms with Crippen LogP contribution in [0.15, 0.2) is 23.0 Å². The van der Waals surface area contributed by atoms with E-state index in [1.165, 1.54) is 12.1 Å². The molecular formula is C22H27FN4O3. The van der Waals surface area contributed by atoms with Crippen LogP contribution in [0.4, 0.5) is 9.18 Å². The molecular weight excluding hydrogens is 387 g/mol. The number of benzene rings is 1. The number of imidazole rings is 1. The number of hydrogen-bond acceptors (Lipinski definition) is 4. The number of aromatic nitrogens is 2. The Bertz CT molecular complexity index is 1060. The first kappa shape index (κ1) is 20.5. The largest absolute Gasteiger partial charge is 0.436 e. The number of nitrogens with one attached hydrogen (secondary N) is 1. The van der Waals surface area contributed by atoms with Gasteiger partial charge in [-0.3, -0.25) is 9.47 Å². The van der Waals surface area contributed by atoms with Crippen LogP contribution >= 0.6 is 0 Å². The van der Waals surface area contributed by atoms with Gasteiger partial charge in [0.15, 0.2) is 6.61 Å². The third-order valence-corrected chi connectivity index (χ3v) is 6.43. The molecule has 30 heavy (non-hydrogen) atoms. The zero-order valence-corrected chi connectivity index (χ0v) is 17.4. The summed E-state index contributed by atoms with van der Waals surface area (Å²) in [6, 6.07) is 4.49. The highest BCUT2D eigenvalue weighted by atomic mass is 19.1. The summed E-state index contributed by atoms with van der Waals surface area (Å²) in [5.41, 5.74) is 0.989. The lowest BCUT2D eigenvalue weighted by Crippen LogP contribution is -2.52. The highest BCUT2D eigenvalue weighted by Gasteiger charge is 2.42. The molecule has 0 aliphatic carbocycles. The Labute approximate surface area is 174 Å². The van der Waals surface area contributed by atoms with Gasteiger partial charge in [-0.15, -0.1) is 5.92 Å². The fourth-order valence-electron chi connectivity index (χ4n) is 4.75. The van der Waals surface area contributed by atoms with Crippen molar-refractivity contribution < 1.29 is 13.9 Å². The number of nitrogens with zero attached hydrogens (tertiary/aromatic N) is 3. The molecule has 1 unspecified atom stereocenters. The third kappa shape index (κ3) is 3.82. The van der Waals surface area contributed by atoms with E-state index in [-0.39, 0.29) is 35.8 Å². The molecule has 0 radical (unpaired) electrons. The molecule has 2 aromatic rings. The van der Waals surface area contributed by atoms with Crippen molar-refractivity contribution in [1.82, 2.24) is 19.4 Å². The van der Waals surface area contributed by atoms with Gasteiger partial charge in [0.2, 0.25) is 0 Å². The number of halogens is 1. The van der Waals surface area contributed by atoms with Crippen LogP contribution in [0.1, 0.15) is 39.2 Å². The van der Waals surface area contributed by atoms with E-state index in [4.69, 9.17) is 4.74 Å². The maximum absolute atomic E-state index is 13.5. The van der Waals surface area contributed by atoms with Gasteiger partial charge in [0.1, 0.15) is 5.82 Å². The van der Waals surface area contributed by atoms with Crippen LogP contribution in [-0.4, -0.2) is 63.8 Å². The molecule has 0 spiro atoms. The summed E-state index contributed by atoms with van der Waals surface area (Å²) in [6.45, 7) is 7.00. The quantitative estimate of drug-likeness (QED) is 0.784. The maximum atomic E-state index is 13.5. The Morgan fingerprint density at radius 2 is 2.10 bits per heavy atom. The van der Waals surface area contributed by atoms with Crippen LogP contribution in [0, 0.1) is 17.7 Å². The zero-order valence-electron chi connectivity index (χ0n) is 17.4. The van der Waals surface area contributed by atoms with Gasteiger partial charge < -0.3 is 14.6 Å². The summed E-state index contributed by atoms with van der Waals surface area (Å²) in [7, 11) is 0. The minimum Gasteiger partial charge on any atom is -0.436 e. The van der Waals surface area contributed by atoms with E-state index in [0.717, 1.165) is 37.9 Å². The summed E-state index contributed by atoms with van der Waals surface area (Å²) in [4.78, 5) is 31.6. The van der Waals surface area contributed by atoms with E-state index in [1.807, 2.05) is 0 Å². The van der Waals surface area contributed by atoms with E-state index in [9.17, 15) is 14.0 Å². The number of aromatic amines is 1. The first-order chi connectivity index (χ1) is 14.4. The molecule has 0 bridgehead atoms. The monoisotopic (exact) mass is 414 g/mol. The zero-order chi connectivity index (χ0) is 21.3. The molecule has 7 nitrogen and oxygen atoms in total. The number of fused-ring (bicyclic) bond motifs is 1. The molecule has 1 aromatic carbocycles. The van der Waals surface area contributed by atoms with Crippen LogP contribution in [-0.2, 0) is 4.74 Å². The Morgan fingerprint density at radius 1 is 1.33 bits per heavy atom. The highest BCUT2D eigenvalue weighted by Crippen LogP contribution is 2.34. The number of ether oxygens (including phenoxy) is 1. The number of likely N-dealkylation sites (tertiary alicyclic amines) is 2. The Kier molecular flexibility index (Phi) is 5.56. The van der Waals surface area contributed by atoms with E-state index in [0.29, 0.717) is 18.6 Å². The molecule has 2 aliphatic heterocycles. The van der Waals surface area contributed by atoms with Gasteiger partial charge in [0.05, 0.1) is 11.0 Å². The molecule has 3 heterocycles. The average Bonchev–Trinajstić information content (AvgIpc) is 3.28. The van der Waals surface area contributed by atoms with Gasteiger partial charge in [-0.2, -0.15) is 0 Å². The number of H-pyrrole nitrogens is 1. The number of rotatable bonds is 3. The van der Waals surface area contributed by atoms with Crippen LogP contribution in [0.2, 0.25) is 0 Å². The molecule has 8 heteroatoms. The number of hydrogen-bond donors (Lipinski definition) is 1. The average molecular weight is 414 g/mol. The second-order valence-corrected chi connectivity index (χ2v) is 8.33. The summed E-state index contributed by atoms with van der Waals surface area (Å²) < 4.78 is 20.4. The Morgan fingerprint density at radius 3 is 2.83 bits per heavy atom. The van der Waals surface area contributed by atoms with Crippen molar-refractivity contribution in [1.29, 1.82) is 0 Å². The number of amides is 1. The Hall–Kier alpha value is -2.79. The van der Waals surface area contributed by atoms with Crippen molar-refractivity contribution in [3.63, 3.8) is 0 Å². The molecule has 1 atom stereocenters. The van der Waals surface area contributed by atoms with Gasteiger partial charge in [-0.1, -0.05) is 5.92 Å². The Balaban J connectivity index is 1.40. The molecule has 160 valence electrons. The van der Waals surface area contributed by atoms with Crippen molar-refractivity contribution in [2.24, 2.45) is 0 Å². The van der Waals surface area contributed by atoms with E-state index in [2.05, 4.69) is 28.6 Å². The normalized spacial score (nSPS) is 22.8. The first-order valence-corrected chi connectivity index (χ1v) is 10.4. The second-order valence-electron chi connectivity index (χ2n) is 8.33. The predicted molar refractivity (Wildman–Crippen MR) is 112 cm³/mol. The standard InChI is InChI=1S/C22H27FN4O3/c1-3-4-13-30-21(29)25-12-9-22(2,15-25)26-10-7-17(8-11-26)27-19-6-5-16(23)14-18(19)24-20(27)28/h5-6,14,17H,7-13,15H2,1-2H3,(H,24,28). The second kappa shape index (κ2) is 8.15. The molecule has 2 aliphatic rings. The maximum Gasteiger partial charge on any atom is 0.410 e. The topological polar surface area (TPSA) is 70.6 Å². The van der Waals surface area contributed by atoms with Gasteiger partial charge >= 0.3 is 11.8 Å². The van der Waals surface area contributed by atoms with Gasteiger partial charge in [-0.05, 0) is 51.3 Å². The SMILES string of the molecule is CC#CCOC(=O)N1CCC(C)(N2CCC(n3c(=O)[nH]c4cc(F)ccc43)CC2)C1. The molecule has 1 aromatic heterocycles. The minimum atomic E-state index is -0.357. The fourth-order valence-corrected chi connectivity index (χ4v) is 4.75. The lowest BCUT2D eigenvalue weighted by molar-refractivity contribution is 0.0650. The first-order valence-electron chi connectivity index (χ1n) is 10.4. The van der Waals surface area contributed by atoms with Crippen molar-refractivity contribution in [2.45, 2.75) is 44.7 Å². The van der Waals surface area contributed by atoms with Crippen LogP contribution in [0.3, 0.4) is 0 Å². The minimum absolute atomic E-state index is 0.0756. The van der Waals surface area contributed by atoms with E-state index < -0.39 is 0 Å². The van der Waals surface area contributed by atoms with Crippen LogP contribution < -0.4 is 5.69 Å². The van der Waals surface area contributed by atoms with Gasteiger partial charge in [0.25, 0.3) is 0 Å². The molecule has 2 saturated heterocycles. The van der Waals surface area contributed by atoms with Crippen molar-refractivity contribution in [2.75, 3.05) is 32.8 Å². The summed E-state index contributed by atoms with van der Waals surface area (Å²) in [5.74, 6) is 5.10. The van der Waals surface area contributed by atoms with Gasteiger partial charge in [-0.25, -0.2) is 14.0 Å². The molecule has 0 saturated carbocycles. The predicted octanol–water partition coefficient (Wildman–Crippen LogP) is 2.73. The lowest BCUT2D eigenvalue weighted by Gasteiger charge is -2.43. The van der Waals surface area contributed by atoms with Crippen molar-refractivity contribution in [3.8, 4) is 11.8 Å². The molecule has 1 N–H and O–H groups in total. The smallest absolute Gasteiger partial charge is 0.410 e. The highest BCUT2D eigenvalue weighted by molar-refractivity contribution is 5.75. The van der Waals surface area contributed by atoms with Crippen LogP contribution in [0.5, 0.6) is 0 Å². The molecule has 2 fully saturated rings. The third-order valence-electron chi connectivity index (χ3n) is 6.43. The summed E-state index contributed by atoms with van der Waals surface area (Å²) in [6.07, 6.45) is 2.24. The van der Waals surface area contributed by atoms with Crippen molar-refractivity contribution >= 4 is 17.1 Å². The molecule has 4 rings (SSSR count). The lowest BCUT2D eigenvalue weighted by atomic mass is 9.94. The summed E-state index contributed by atoms with van der Waals surface area (Å²) in [5, 5.41) is 0. The van der Waals surface area contributed by atoms with E-state index >= 15 is 0 Å². The number of carbonyl (C=O) groups is 1. The number of carbonyl (C=O) groups excluding carboxylic acids is 1. The van der Waals surface area contributed by atoms with E-state index in [1.54, 1.807) is 22.5 Å². The number of piperidine rings is 1. The van der Waals surface area contributed by atoms with Gasteiger partial charge in [0, 0.05) is 37.8 Å². The summed E-state index contributed by atoms with van der Waals surface area (Å²) >= 11 is 0.